The largest absolute Gasteiger partial charge is 0.321 e. The van der Waals surface area contributed by atoms with E-state index in [2.05, 4.69) is 10.3 Å². The van der Waals surface area contributed by atoms with E-state index in [4.69, 9.17) is 11.6 Å². The monoisotopic (exact) mass is 271 g/mol. The molecule has 0 saturated heterocycles. The minimum atomic E-state index is -0.839. The molecule has 6 heteroatoms. The van der Waals surface area contributed by atoms with Crippen LogP contribution in [-0.2, 0) is 20.1 Å². The third kappa shape index (κ3) is 2.86. The highest BCUT2D eigenvalue weighted by molar-refractivity contribution is 6.29. The first-order chi connectivity index (χ1) is 8.58. The van der Waals surface area contributed by atoms with Gasteiger partial charge in [-0.1, -0.05) is 17.7 Å². The van der Waals surface area contributed by atoms with Crippen molar-refractivity contribution in [2.24, 2.45) is 7.05 Å². The van der Waals surface area contributed by atoms with Gasteiger partial charge in [-0.2, -0.15) is 0 Å². The molecule has 0 aliphatic heterocycles. The van der Waals surface area contributed by atoms with Gasteiger partial charge in [-0.3, -0.25) is 0 Å². The highest BCUT2D eigenvalue weighted by atomic mass is 35.5. The van der Waals surface area contributed by atoms with Crippen LogP contribution in [0.2, 0.25) is 5.15 Å². The number of halogens is 3. The molecule has 0 unspecified atom stereocenters. The Morgan fingerprint density at radius 1 is 1.28 bits per heavy atom. The smallest absolute Gasteiger partial charge is 0.159 e. The molecule has 0 atom stereocenters. The van der Waals surface area contributed by atoms with Gasteiger partial charge in [-0.25, -0.2) is 13.8 Å². The first-order valence-corrected chi connectivity index (χ1v) is 5.76. The SMILES string of the molecule is Cn1c(Cl)cnc1CNCc1ccc(F)c(F)c1. The van der Waals surface area contributed by atoms with Gasteiger partial charge in [0.2, 0.25) is 0 Å². The van der Waals surface area contributed by atoms with E-state index in [-0.39, 0.29) is 0 Å². The van der Waals surface area contributed by atoms with Crippen LogP contribution in [0.1, 0.15) is 11.4 Å². The summed E-state index contributed by atoms with van der Waals surface area (Å²) in [6, 6.07) is 3.83. The van der Waals surface area contributed by atoms with E-state index in [9.17, 15) is 8.78 Å². The van der Waals surface area contributed by atoms with Gasteiger partial charge < -0.3 is 9.88 Å². The summed E-state index contributed by atoms with van der Waals surface area (Å²) in [5.74, 6) is -0.897. The second-order valence-corrected chi connectivity index (χ2v) is 4.30. The number of rotatable bonds is 4. The van der Waals surface area contributed by atoms with Crippen LogP contribution in [0.5, 0.6) is 0 Å². The third-order valence-electron chi connectivity index (χ3n) is 2.62. The Hall–Kier alpha value is -1.46. The lowest BCUT2D eigenvalue weighted by Gasteiger charge is -2.06. The Kier molecular flexibility index (Phi) is 3.93. The number of hydrogen-bond donors (Lipinski definition) is 1. The molecule has 1 heterocycles. The van der Waals surface area contributed by atoms with E-state index in [1.165, 1.54) is 12.1 Å². The maximum Gasteiger partial charge on any atom is 0.159 e. The number of hydrogen-bond acceptors (Lipinski definition) is 2. The Labute approximate surface area is 108 Å². The van der Waals surface area contributed by atoms with Crippen molar-refractivity contribution in [2.75, 3.05) is 0 Å². The van der Waals surface area contributed by atoms with Crippen LogP contribution >= 0.6 is 11.6 Å². The first kappa shape index (κ1) is 13.0. The molecule has 1 aromatic heterocycles. The van der Waals surface area contributed by atoms with Crippen LogP contribution in [0, 0.1) is 11.6 Å². The molecule has 1 N–H and O–H groups in total. The molecule has 2 rings (SSSR count). The normalized spacial score (nSPS) is 10.9. The highest BCUT2D eigenvalue weighted by Gasteiger charge is 2.05. The van der Waals surface area contributed by atoms with Gasteiger partial charge in [0.1, 0.15) is 11.0 Å². The van der Waals surface area contributed by atoms with Crippen molar-refractivity contribution >= 4 is 11.6 Å². The van der Waals surface area contributed by atoms with Crippen LogP contribution in [0.25, 0.3) is 0 Å². The lowest BCUT2D eigenvalue weighted by molar-refractivity contribution is 0.505. The van der Waals surface area contributed by atoms with Crippen molar-refractivity contribution in [3.63, 3.8) is 0 Å². The zero-order valence-electron chi connectivity index (χ0n) is 9.75. The van der Waals surface area contributed by atoms with Gasteiger partial charge in [0.25, 0.3) is 0 Å². The van der Waals surface area contributed by atoms with E-state index < -0.39 is 11.6 Å². The summed E-state index contributed by atoms with van der Waals surface area (Å²) in [5.41, 5.74) is 0.675. The molecule has 1 aromatic carbocycles. The van der Waals surface area contributed by atoms with Crippen molar-refractivity contribution in [3.8, 4) is 0 Å². The molecule has 0 spiro atoms. The number of imidazole rings is 1. The predicted molar refractivity (Wildman–Crippen MR) is 65.1 cm³/mol. The summed E-state index contributed by atoms with van der Waals surface area (Å²) in [7, 11) is 1.81. The van der Waals surface area contributed by atoms with Gasteiger partial charge >= 0.3 is 0 Å². The summed E-state index contributed by atoms with van der Waals surface area (Å²) in [6.07, 6.45) is 1.57. The van der Waals surface area contributed by atoms with E-state index in [0.29, 0.717) is 23.8 Å². The first-order valence-electron chi connectivity index (χ1n) is 5.38. The molecule has 0 aliphatic carbocycles. The number of nitrogens with zero attached hydrogens (tertiary/aromatic N) is 2. The quantitative estimate of drug-likeness (QED) is 0.926. The Morgan fingerprint density at radius 2 is 2.06 bits per heavy atom. The van der Waals surface area contributed by atoms with E-state index in [1.54, 1.807) is 10.8 Å². The molecular weight excluding hydrogens is 260 g/mol. The fourth-order valence-electron chi connectivity index (χ4n) is 1.56. The molecule has 2 aromatic rings. The summed E-state index contributed by atoms with van der Waals surface area (Å²) >= 11 is 5.84. The molecule has 3 nitrogen and oxygen atoms in total. The summed E-state index contributed by atoms with van der Waals surface area (Å²) in [5, 5.41) is 3.64. The lowest BCUT2D eigenvalue weighted by Crippen LogP contribution is -2.16. The van der Waals surface area contributed by atoms with Crippen LogP contribution in [0.3, 0.4) is 0 Å². The van der Waals surface area contributed by atoms with E-state index >= 15 is 0 Å². The Morgan fingerprint density at radius 3 is 2.67 bits per heavy atom. The molecule has 0 aliphatic rings. The molecule has 0 radical (unpaired) electrons. The maximum atomic E-state index is 13.0. The lowest BCUT2D eigenvalue weighted by atomic mass is 10.2. The molecule has 0 saturated carbocycles. The average molecular weight is 272 g/mol. The zero-order chi connectivity index (χ0) is 13.1. The number of benzene rings is 1. The van der Waals surface area contributed by atoms with Gasteiger partial charge in [-0.05, 0) is 17.7 Å². The van der Waals surface area contributed by atoms with Crippen molar-refractivity contribution < 1.29 is 8.78 Å². The molecule has 96 valence electrons. The second-order valence-electron chi connectivity index (χ2n) is 3.91. The van der Waals surface area contributed by atoms with Gasteiger partial charge in [0.05, 0.1) is 12.7 Å². The van der Waals surface area contributed by atoms with Crippen molar-refractivity contribution in [1.29, 1.82) is 0 Å². The summed E-state index contributed by atoms with van der Waals surface area (Å²) in [6.45, 7) is 0.934. The van der Waals surface area contributed by atoms with Crippen molar-refractivity contribution in [2.45, 2.75) is 13.1 Å². The second kappa shape index (κ2) is 5.46. The Bertz CT molecular complexity index is 554. The van der Waals surface area contributed by atoms with Crippen LogP contribution < -0.4 is 5.32 Å². The van der Waals surface area contributed by atoms with Crippen molar-refractivity contribution in [3.05, 3.63) is 52.6 Å². The third-order valence-corrected chi connectivity index (χ3v) is 2.98. The fourth-order valence-corrected chi connectivity index (χ4v) is 1.70. The van der Waals surface area contributed by atoms with E-state index in [1.807, 2.05) is 7.05 Å². The molecular formula is C12H12ClF2N3. The average Bonchev–Trinajstić information content (AvgIpc) is 2.66. The summed E-state index contributed by atoms with van der Waals surface area (Å²) < 4.78 is 27.4. The van der Waals surface area contributed by atoms with Gasteiger partial charge in [-0.15, -0.1) is 0 Å². The molecule has 0 amide bonds. The van der Waals surface area contributed by atoms with Crippen LogP contribution in [0.15, 0.2) is 24.4 Å². The van der Waals surface area contributed by atoms with Gasteiger partial charge in [0, 0.05) is 13.6 Å². The molecule has 18 heavy (non-hydrogen) atoms. The molecule has 0 fully saturated rings. The van der Waals surface area contributed by atoms with Crippen molar-refractivity contribution in [1.82, 2.24) is 14.9 Å². The van der Waals surface area contributed by atoms with Crippen LogP contribution in [-0.4, -0.2) is 9.55 Å². The standard InChI is InChI=1S/C12H12ClF2N3/c1-18-11(13)6-17-12(18)7-16-5-8-2-3-9(14)10(15)4-8/h2-4,6,16H,5,7H2,1H3. The topological polar surface area (TPSA) is 29.9 Å². The summed E-state index contributed by atoms with van der Waals surface area (Å²) in [4.78, 5) is 4.11. The van der Waals surface area contributed by atoms with Gasteiger partial charge in [0.15, 0.2) is 11.6 Å². The number of aromatic nitrogens is 2. The van der Waals surface area contributed by atoms with E-state index in [0.717, 1.165) is 11.9 Å². The predicted octanol–water partition coefficient (Wildman–Crippen LogP) is 2.64. The zero-order valence-corrected chi connectivity index (χ0v) is 10.5. The maximum absolute atomic E-state index is 13.0. The molecule has 0 bridgehead atoms. The fraction of sp³-hybridized carbons (Fsp3) is 0.250. The number of nitrogens with one attached hydrogen (secondary N) is 1. The minimum Gasteiger partial charge on any atom is -0.321 e. The Balaban J connectivity index is 1.92. The van der Waals surface area contributed by atoms with Crippen LogP contribution in [0.4, 0.5) is 8.78 Å². The minimum absolute atomic E-state index is 0.432. The highest BCUT2D eigenvalue weighted by Crippen LogP contribution is 2.10.